The van der Waals surface area contributed by atoms with Crippen molar-refractivity contribution in [2.45, 2.75) is 27.7 Å². The van der Waals surface area contributed by atoms with E-state index in [1.165, 1.54) is 0 Å². The molecule has 0 aliphatic carbocycles. The highest BCUT2D eigenvalue weighted by Crippen LogP contribution is 2.18. The Morgan fingerprint density at radius 3 is 2.37 bits per heavy atom. The fourth-order valence-electron chi connectivity index (χ4n) is 2.13. The van der Waals surface area contributed by atoms with E-state index in [0.29, 0.717) is 0 Å². The average molecular weight is 252 g/mol. The van der Waals surface area contributed by atoms with Crippen LogP contribution in [-0.2, 0) is 0 Å². The Morgan fingerprint density at radius 2 is 1.74 bits per heavy atom. The maximum absolute atomic E-state index is 12.4. The predicted molar refractivity (Wildman–Crippen MR) is 75.7 cm³/mol. The highest BCUT2D eigenvalue weighted by molar-refractivity contribution is 5.48. The second-order valence-electron chi connectivity index (χ2n) is 4.82. The molecule has 2 aromatic rings. The minimum atomic E-state index is -0.251. The SMILES string of the molecule is Cc1cccc(-n2cc(C)c(C)c(C#N)c2=O)c1C. The third-order valence-corrected chi connectivity index (χ3v) is 3.67. The fraction of sp³-hybridized carbons (Fsp3) is 0.250. The van der Waals surface area contributed by atoms with Gasteiger partial charge in [0.2, 0.25) is 0 Å². The van der Waals surface area contributed by atoms with Crippen LogP contribution in [0.5, 0.6) is 0 Å². The van der Waals surface area contributed by atoms with Gasteiger partial charge in [-0.05, 0) is 56.0 Å². The number of aromatic nitrogens is 1. The van der Waals surface area contributed by atoms with Crippen molar-refractivity contribution in [3.63, 3.8) is 0 Å². The van der Waals surface area contributed by atoms with Crippen LogP contribution in [-0.4, -0.2) is 4.57 Å². The number of aryl methyl sites for hydroxylation is 2. The van der Waals surface area contributed by atoms with Gasteiger partial charge < -0.3 is 0 Å². The number of nitriles is 1. The zero-order chi connectivity index (χ0) is 14.2. The third-order valence-electron chi connectivity index (χ3n) is 3.67. The molecule has 0 aliphatic heterocycles. The number of rotatable bonds is 1. The molecule has 0 atom stereocenters. The Labute approximate surface area is 112 Å². The summed E-state index contributed by atoms with van der Waals surface area (Å²) in [6.07, 6.45) is 1.81. The van der Waals surface area contributed by atoms with Crippen LogP contribution in [0.25, 0.3) is 5.69 Å². The third kappa shape index (κ3) is 2.06. The van der Waals surface area contributed by atoms with E-state index >= 15 is 0 Å². The van der Waals surface area contributed by atoms with Crippen LogP contribution in [0.2, 0.25) is 0 Å². The number of hydrogen-bond donors (Lipinski definition) is 0. The topological polar surface area (TPSA) is 45.8 Å². The lowest BCUT2D eigenvalue weighted by molar-refractivity contribution is 0.943. The number of pyridine rings is 1. The first-order valence-electron chi connectivity index (χ1n) is 6.17. The summed E-state index contributed by atoms with van der Waals surface area (Å²) in [5.74, 6) is 0. The van der Waals surface area contributed by atoms with E-state index in [0.717, 1.165) is 27.9 Å². The summed E-state index contributed by atoms with van der Waals surface area (Å²) in [5, 5.41) is 9.16. The van der Waals surface area contributed by atoms with Gasteiger partial charge in [-0.15, -0.1) is 0 Å². The van der Waals surface area contributed by atoms with Gasteiger partial charge in [0.05, 0.1) is 5.69 Å². The molecule has 1 aromatic carbocycles. The molecule has 0 radical (unpaired) electrons. The van der Waals surface area contributed by atoms with Gasteiger partial charge in [0.15, 0.2) is 0 Å². The van der Waals surface area contributed by atoms with Crippen molar-refractivity contribution >= 4 is 0 Å². The molecule has 0 saturated heterocycles. The quantitative estimate of drug-likeness (QED) is 0.783. The van der Waals surface area contributed by atoms with E-state index in [1.807, 2.05) is 52.0 Å². The smallest absolute Gasteiger partial charge is 0.273 e. The van der Waals surface area contributed by atoms with Crippen molar-refractivity contribution in [1.29, 1.82) is 5.26 Å². The Kier molecular flexibility index (Phi) is 3.26. The van der Waals surface area contributed by atoms with Gasteiger partial charge in [0.1, 0.15) is 11.6 Å². The van der Waals surface area contributed by atoms with E-state index in [-0.39, 0.29) is 11.1 Å². The zero-order valence-corrected chi connectivity index (χ0v) is 11.6. The molecule has 0 amide bonds. The van der Waals surface area contributed by atoms with Crippen LogP contribution in [0.4, 0.5) is 0 Å². The molecular formula is C16H16N2O. The zero-order valence-electron chi connectivity index (χ0n) is 11.6. The highest BCUT2D eigenvalue weighted by atomic mass is 16.1. The normalized spacial score (nSPS) is 10.3. The lowest BCUT2D eigenvalue weighted by atomic mass is 10.1. The lowest BCUT2D eigenvalue weighted by Crippen LogP contribution is -2.23. The van der Waals surface area contributed by atoms with Crippen molar-refractivity contribution in [1.82, 2.24) is 4.57 Å². The molecule has 0 fully saturated rings. The molecule has 0 spiro atoms. The number of nitrogens with zero attached hydrogens (tertiary/aromatic N) is 2. The van der Waals surface area contributed by atoms with Gasteiger partial charge in [-0.25, -0.2) is 0 Å². The molecule has 96 valence electrons. The second-order valence-corrected chi connectivity index (χ2v) is 4.82. The van der Waals surface area contributed by atoms with E-state index in [2.05, 4.69) is 0 Å². The first-order chi connectivity index (χ1) is 8.97. The molecule has 0 N–H and O–H groups in total. The standard InChI is InChI=1S/C16H16N2O/c1-10-6-5-7-15(13(10)4)18-9-11(2)12(3)14(8-17)16(18)19/h5-7,9H,1-4H3. The summed E-state index contributed by atoms with van der Waals surface area (Å²) < 4.78 is 1.57. The predicted octanol–water partition coefficient (Wildman–Crippen LogP) is 2.94. The molecule has 1 aromatic heterocycles. The van der Waals surface area contributed by atoms with Crippen LogP contribution in [0.15, 0.2) is 29.2 Å². The monoisotopic (exact) mass is 252 g/mol. The Balaban J connectivity index is 2.85. The Bertz CT molecular complexity index is 749. The van der Waals surface area contributed by atoms with Crippen LogP contribution >= 0.6 is 0 Å². The molecule has 0 saturated carbocycles. The summed E-state index contributed by atoms with van der Waals surface area (Å²) >= 11 is 0. The minimum Gasteiger partial charge on any atom is -0.283 e. The number of hydrogen-bond acceptors (Lipinski definition) is 2. The first-order valence-corrected chi connectivity index (χ1v) is 6.17. The van der Waals surface area contributed by atoms with Crippen molar-refractivity contribution in [3.05, 3.63) is 62.6 Å². The summed E-state index contributed by atoms with van der Waals surface area (Å²) in [7, 11) is 0. The molecular weight excluding hydrogens is 236 g/mol. The largest absolute Gasteiger partial charge is 0.283 e. The van der Waals surface area contributed by atoms with Crippen LogP contribution in [0.1, 0.15) is 27.8 Å². The maximum Gasteiger partial charge on any atom is 0.273 e. The molecule has 0 aliphatic rings. The molecule has 3 nitrogen and oxygen atoms in total. The molecule has 0 bridgehead atoms. The van der Waals surface area contributed by atoms with E-state index < -0.39 is 0 Å². The van der Waals surface area contributed by atoms with Crippen LogP contribution in [0.3, 0.4) is 0 Å². The van der Waals surface area contributed by atoms with E-state index in [4.69, 9.17) is 5.26 Å². The van der Waals surface area contributed by atoms with Crippen molar-refractivity contribution in [3.8, 4) is 11.8 Å². The van der Waals surface area contributed by atoms with Crippen molar-refractivity contribution in [2.24, 2.45) is 0 Å². The second kappa shape index (κ2) is 4.74. The van der Waals surface area contributed by atoms with Gasteiger partial charge in [0.25, 0.3) is 5.56 Å². The molecule has 1 heterocycles. The van der Waals surface area contributed by atoms with Crippen molar-refractivity contribution < 1.29 is 0 Å². The van der Waals surface area contributed by atoms with E-state index in [1.54, 1.807) is 10.8 Å². The molecule has 2 rings (SSSR count). The maximum atomic E-state index is 12.4. The van der Waals surface area contributed by atoms with Gasteiger partial charge in [-0.2, -0.15) is 5.26 Å². The lowest BCUT2D eigenvalue weighted by Gasteiger charge is -2.14. The minimum absolute atomic E-state index is 0.223. The highest BCUT2D eigenvalue weighted by Gasteiger charge is 2.12. The molecule has 3 heteroatoms. The average Bonchev–Trinajstić information content (AvgIpc) is 2.38. The first kappa shape index (κ1) is 13.1. The van der Waals surface area contributed by atoms with Crippen LogP contribution in [0, 0.1) is 39.0 Å². The molecule has 19 heavy (non-hydrogen) atoms. The number of benzene rings is 1. The summed E-state index contributed by atoms with van der Waals surface area (Å²) in [6, 6.07) is 7.85. The Morgan fingerprint density at radius 1 is 1.05 bits per heavy atom. The summed E-state index contributed by atoms with van der Waals surface area (Å²) in [6.45, 7) is 7.72. The summed E-state index contributed by atoms with van der Waals surface area (Å²) in [4.78, 5) is 12.4. The molecule has 0 unspecified atom stereocenters. The van der Waals surface area contributed by atoms with Gasteiger partial charge in [-0.1, -0.05) is 12.1 Å². The van der Waals surface area contributed by atoms with Gasteiger partial charge >= 0.3 is 0 Å². The van der Waals surface area contributed by atoms with Gasteiger partial charge in [-0.3, -0.25) is 9.36 Å². The summed E-state index contributed by atoms with van der Waals surface area (Å²) in [5.41, 5.74) is 4.69. The Hall–Kier alpha value is -2.34. The van der Waals surface area contributed by atoms with E-state index in [9.17, 15) is 4.79 Å². The van der Waals surface area contributed by atoms with Crippen molar-refractivity contribution in [2.75, 3.05) is 0 Å². The fourth-order valence-corrected chi connectivity index (χ4v) is 2.13. The van der Waals surface area contributed by atoms with Crippen LogP contribution < -0.4 is 5.56 Å². The van der Waals surface area contributed by atoms with Gasteiger partial charge in [0, 0.05) is 6.20 Å².